The number of halogens is 3. The van der Waals surface area contributed by atoms with Gasteiger partial charge in [-0.3, -0.25) is 19.5 Å². The van der Waals surface area contributed by atoms with E-state index in [1.54, 1.807) is 18.2 Å². The van der Waals surface area contributed by atoms with Crippen LogP contribution in [0.2, 0.25) is 0 Å². The van der Waals surface area contributed by atoms with E-state index in [9.17, 15) is 27.9 Å². The summed E-state index contributed by atoms with van der Waals surface area (Å²) in [7, 11) is 0. The maximum atomic E-state index is 13.0. The number of carbonyl (C=O) groups excluding carboxylic acids is 2. The molecule has 1 unspecified atom stereocenters. The fraction of sp³-hybridized carbons (Fsp3) is 0.125. The maximum Gasteiger partial charge on any atom is 0.416 e. The predicted molar refractivity (Wildman–Crippen MR) is 112 cm³/mol. The van der Waals surface area contributed by atoms with Gasteiger partial charge in [-0.2, -0.15) is 13.2 Å². The molecule has 5 nitrogen and oxygen atoms in total. The van der Waals surface area contributed by atoms with E-state index in [-0.39, 0.29) is 17.0 Å². The van der Waals surface area contributed by atoms with Gasteiger partial charge in [0.2, 0.25) is 0 Å². The lowest BCUT2D eigenvalue weighted by atomic mass is 9.94. The molecule has 0 bridgehead atoms. The number of alkyl halides is 3. The summed E-state index contributed by atoms with van der Waals surface area (Å²) in [6.07, 6.45) is -1.67. The van der Waals surface area contributed by atoms with E-state index >= 15 is 0 Å². The Balaban J connectivity index is 1.91. The molecular weight excluding hydrogens is 421 g/mol. The summed E-state index contributed by atoms with van der Waals surface area (Å²) in [5, 5.41) is 10.9. The summed E-state index contributed by atoms with van der Waals surface area (Å²) < 4.78 is 39.0. The van der Waals surface area contributed by atoms with Crippen molar-refractivity contribution in [3.05, 3.63) is 101 Å². The number of aromatic nitrogens is 1. The van der Waals surface area contributed by atoms with Crippen LogP contribution in [0.15, 0.2) is 78.6 Å². The summed E-state index contributed by atoms with van der Waals surface area (Å²) >= 11 is 0. The SMILES string of the molecule is Cc1cccc(C2/C(=C(\O)c3ccncc3)C(=O)C(=O)N2c2ccc(C(F)(F)F)cc2)c1. The number of rotatable bonds is 3. The summed E-state index contributed by atoms with van der Waals surface area (Å²) in [6.45, 7) is 1.83. The summed E-state index contributed by atoms with van der Waals surface area (Å²) in [4.78, 5) is 31.0. The van der Waals surface area contributed by atoms with Crippen molar-refractivity contribution < 1.29 is 27.9 Å². The zero-order valence-corrected chi connectivity index (χ0v) is 16.8. The Hall–Kier alpha value is -3.94. The highest BCUT2D eigenvalue weighted by Crippen LogP contribution is 2.42. The fourth-order valence-corrected chi connectivity index (χ4v) is 3.73. The molecule has 1 atom stereocenters. The van der Waals surface area contributed by atoms with Crippen LogP contribution in [0.4, 0.5) is 18.9 Å². The summed E-state index contributed by atoms with van der Waals surface area (Å²) in [6, 6.07) is 13.0. The molecular formula is C24H17F3N2O3. The number of amides is 1. The van der Waals surface area contributed by atoms with Crippen LogP contribution in [0.1, 0.15) is 28.3 Å². The molecule has 0 spiro atoms. The van der Waals surface area contributed by atoms with Gasteiger partial charge in [0.1, 0.15) is 5.76 Å². The van der Waals surface area contributed by atoms with Crippen LogP contribution in [0.25, 0.3) is 5.76 Å². The predicted octanol–water partition coefficient (Wildman–Crippen LogP) is 5.04. The van der Waals surface area contributed by atoms with Crippen molar-refractivity contribution >= 4 is 23.1 Å². The lowest BCUT2D eigenvalue weighted by molar-refractivity contribution is -0.137. The van der Waals surface area contributed by atoms with Crippen LogP contribution >= 0.6 is 0 Å². The first kappa shape index (κ1) is 21.3. The second-order valence-electron chi connectivity index (χ2n) is 7.36. The maximum absolute atomic E-state index is 13.0. The number of Topliss-reactive ketones (excluding diaryl/α,β-unsaturated/α-hetero) is 1. The van der Waals surface area contributed by atoms with Crippen molar-refractivity contribution in [3.8, 4) is 0 Å². The highest BCUT2D eigenvalue weighted by molar-refractivity contribution is 6.51. The number of benzene rings is 2. The number of hydrogen-bond donors (Lipinski definition) is 1. The molecule has 1 aliphatic rings. The van der Waals surface area contributed by atoms with Crippen molar-refractivity contribution in [2.75, 3.05) is 4.90 Å². The fourth-order valence-electron chi connectivity index (χ4n) is 3.73. The van der Waals surface area contributed by atoms with Crippen molar-refractivity contribution in [3.63, 3.8) is 0 Å². The molecule has 0 radical (unpaired) electrons. The summed E-state index contributed by atoms with van der Waals surface area (Å²) in [5.41, 5.74) is 0.779. The zero-order chi connectivity index (χ0) is 23.0. The molecule has 1 saturated heterocycles. The smallest absolute Gasteiger partial charge is 0.416 e. The number of ketones is 1. The molecule has 0 saturated carbocycles. The van der Waals surface area contributed by atoms with Gasteiger partial charge in [0, 0.05) is 23.6 Å². The molecule has 4 rings (SSSR count). The molecule has 32 heavy (non-hydrogen) atoms. The van der Waals surface area contributed by atoms with Crippen LogP contribution in [-0.2, 0) is 15.8 Å². The molecule has 162 valence electrons. The summed E-state index contributed by atoms with van der Waals surface area (Å²) in [5.74, 6) is -2.25. The monoisotopic (exact) mass is 438 g/mol. The van der Waals surface area contributed by atoms with Gasteiger partial charge in [0.15, 0.2) is 0 Å². The van der Waals surface area contributed by atoms with Crippen LogP contribution in [0.3, 0.4) is 0 Å². The van der Waals surface area contributed by atoms with E-state index in [0.717, 1.165) is 34.7 Å². The molecule has 1 aliphatic heterocycles. The van der Waals surface area contributed by atoms with Crippen LogP contribution in [0.5, 0.6) is 0 Å². The third-order valence-electron chi connectivity index (χ3n) is 5.23. The molecule has 1 N–H and O–H groups in total. The number of hydrogen-bond acceptors (Lipinski definition) is 4. The first-order valence-electron chi connectivity index (χ1n) is 9.63. The topological polar surface area (TPSA) is 70.5 Å². The minimum absolute atomic E-state index is 0.111. The Bertz CT molecular complexity index is 1220. The quantitative estimate of drug-likeness (QED) is 0.354. The van der Waals surface area contributed by atoms with Crippen LogP contribution in [0, 0.1) is 6.92 Å². The lowest BCUT2D eigenvalue weighted by Gasteiger charge is -2.26. The third kappa shape index (κ3) is 3.75. The Morgan fingerprint density at radius 2 is 1.66 bits per heavy atom. The number of anilines is 1. The van der Waals surface area contributed by atoms with E-state index in [2.05, 4.69) is 4.98 Å². The van der Waals surface area contributed by atoms with Crippen molar-refractivity contribution in [2.24, 2.45) is 0 Å². The molecule has 1 aromatic heterocycles. The minimum atomic E-state index is -4.54. The average Bonchev–Trinajstić information content (AvgIpc) is 3.04. The van der Waals surface area contributed by atoms with E-state index in [1.165, 1.54) is 24.5 Å². The Morgan fingerprint density at radius 1 is 1.00 bits per heavy atom. The van der Waals surface area contributed by atoms with E-state index in [4.69, 9.17) is 0 Å². The largest absolute Gasteiger partial charge is 0.507 e. The van der Waals surface area contributed by atoms with E-state index < -0.39 is 29.5 Å². The lowest BCUT2D eigenvalue weighted by Crippen LogP contribution is -2.29. The van der Waals surface area contributed by atoms with E-state index in [1.807, 2.05) is 13.0 Å². The first-order chi connectivity index (χ1) is 15.2. The molecule has 3 aromatic rings. The average molecular weight is 438 g/mol. The Kier molecular flexibility index (Phi) is 5.30. The number of carbonyl (C=O) groups is 2. The van der Waals surface area contributed by atoms with Crippen LogP contribution < -0.4 is 4.90 Å². The number of aliphatic hydroxyl groups excluding tert-OH is 1. The van der Waals surface area contributed by atoms with Gasteiger partial charge < -0.3 is 5.11 Å². The highest BCUT2D eigenvalue weighted by Gasteiger charge is 2.47. The van der Waals surface area contributed by atoms with Gasteiger partial charge >= 0.3 is 6.18 Å². The number of aliphatic hydroxyl groups is 1. The molecule has 2 aromatic carbocycles. The Labute approximate surface area is 181 Å². The van der Waals surface area contributed by atoms with Gasteiger partial charge in [-0.1, -0.05) is 29.8 Å². The molecule has 1 fully saturated rings. The second-order valence-corrected chi connectivity index (χ2v) is 7.36. The minimum Gasteiger partial charge on any atom is -0.507 e. The number of aryl methyl sites for hydroxylation is 1. The number of nitrogens with zero attached hydrogens (tertiary/aromatic N) is 2. The third-order valence-corrected chi connectivity index (χ3v) is 5.23. The number of pyridine rings is 1. The molecule has 8 heteroatoms. The van der Waals surface area contributed by atoms with Gasteiger partial charge in [0.25, 0.3) is 11.7 Å². The molecule has 0 aliphatic carbocycles. The second kappa shape index (κ2) is 7.96. The van der Waals surface area contributed by atoms with Crippen molar-refractivity contribution in [2.45, 2.75) is 19.1 Å². The normalized spacial score (nSPS) is 18.2. The van der Waals surface area contributed by atoms with Crippen molar-refractivity contribution in [1.29, 1.82) is 0 Å². The zero-order valence-electron chi connectivity index (χ0n) is 16.8. The first-order valence-corrected chi connectivity index (χ1v) is 9.63. The van der Waals surface area contributed by atoms with Gasteiger partial charge in [-0.15, -0.1) is 0 Å². The van der Waals surface area contributed by atoms with Gasteiger partial charge in [0.05, 0.1) is 17.2 Å². The van der Waals surface area contributed by atoms with Crippen molar-refractivity contribution in [1.82, 2.24) is 4.98 Å². The van der Waals surface area contributed by atoms with Gasteiger partial charge in [-0.05, 0) is 48.9 Å². The van der Waals surface area contributed by atoms with Crippen LogP contribution in [-0.4, -0.2) is 21.8 Å². The highest BCUT2D eigenvalue weighted by atomic mass is 19.4. The van der Waals surface area contributed by atoms with E-state index in [0.29, 0.717) is 11.1 Å². The molecule has 2 heterocycles. The molecule has 1 amide bonds. The van der Waals surface area contributed by atoms with Gasteiger partial charge in [-0.25, -0.2) is 0 Å². The Morgan fingerprint density at radius 3 is 2.25 bits per heavy atom. The standard InChI is InChI=1S/C24H17F3N2O3/c1-14-3-2-4-16(13-14)20-19(21(30)15-9-11-28-12-10-15)22(31)23(32)29(20)18-7-5-17(6-8-18)24(25,26)27/h2-13,20,30H,1H3/b21-19+.